The molecule has 0 aliphatic carbocycles. The average molecular weight is 367 g/mol. The molecular formula is C22H25NO4. The Morgan fingerprint density at radius 2 is 1.63 bits per heavy atom. The SMILES string of the molecule is C[C@@H]1CCC[C@@H](C)N1C(=O)COC(=O)c1cccc(Oc2ccccc2)c1. The van der Waals surface area contributed by atoms with Crippen molar-refractivity contribution in [1.82, 2.24) is 4.90 Å². The molecule has 0 unspecified atom stereocenters. The third-order valence-corrected chi connectivity index (χ3v) is 4.86. The molecule has 27 heavy (non-hydrogen) atoms. The van der Waals surface area contributed by atoms with E-state index in [0.717, 1.165) is 19.3 Å². The highest BCUT2D eigenvalue weighted by atomic mass is 16.5. The van der Waals surface area contributed by atoms with E-state index in [1.807, 2.05) is 49.1 Å². The molecule has 1 fully saturated rings. The summed E-state index contributed by atoms with van der Waals surface area (Å²) in [5.74, 6) is 0.561. The van der Waals surface area contributed by atoms with E-state index in [1.54, 1.807) is 24.3 Å². The minimum absolute atomic E-state index is 0.139. The maximum Gasteiger partial charge on any atom is 0.338 e. The Hall–Kier alpha value is -2.82. The Labute approximate surface area is 159 Å². The second-order valence-electron chi connectivity index (χ2n) is 6.95. The highest BCUT2D eigenvalue weighted by Gasteiger charge is 2.29. The fraction of sp³-hybridized carbons (Fsp3) is 0.364. The van der Waals surface area contributed by atoms with Gasteiger partial charge in [0.1, 0.15) is 11.5 Å². The van der Waals surface area contributed by atoms with Gasteiger partial charge in [0.2, 0.25) is 0 Å². The molecule has 2 aromatic carbocycles. The van der Waals surface area contributed by atoms with Crippen molar-refractivity contribution in [3.8, 4) is 11.5 Å². The van der Waals surface area contributed by atoms with Gasteiger partial charge >= 0.3 is 5.97 Å². The number of benzene rings is 2. The van der Waals surface area contributed by atoms with E-state index in [0.29, 0.717) is 17.1 Å². The van der Waals surface area contributed by atoms with Crippen LogP contribution in [0.15, 0.2) is 54.6 Å². The molecule has 142 valence electrons. The van der Waals surface area contributed by atoms with Gasteiger partial charge in [0, 0.05) is 12.1 Å². The van der Waals surface area contributed by atoms with Gasteiger partial charge in [-0.15, -0.1) is 0 Å². The van der Waals surface area contributed by atoms with E-state index in [2.05, 4.69) is 0 Å². The highest BCUT2D eigenvalue weighted by molar-refractivity contribution is 5.91. The lowest BCUT2D eigenvalue weighted by molar-refractivity contribution is -0.140. The molecule has 0 bridgehead atoms. The normalized spacial score (nSPS) is 19.4. The van der Waals surface area contributed by atoms with Crippen molar-refractivity contribution >= 4 is 11.9 Å². The van der Waals surface area contributed by atoms with Crippen molar-refractivity contribution in [3.05, 3.63) is 60.2 Å². The number of ether oxygens (including phenoxy) is 2. The molecule has 5 heteroatoms. The fourth-order valence-electron chi connectivity index (χ4n) is 3.51. The van der Waals surface area contributed by atoms with Crippen molar-refractivity contribution in [3.63, 3.8) is 0 Å². The number of para-hydroxylation sites is 1. The molecule has 3 rings (SSSR count). The van der Waals surface area contributed by atoms with Crippen LogP contribution in [0.5, 0.6) is 11.5 Å². The average Bonchev–Trinajstić information content (AvgIpc) is 2.67. The predicted octanol–water partition coefficient (Wildman–Crippen LogP) is 4.43. The Morgan fingerprint density at radius 1 is 0.963 bits per heavy atom. The monoisotopic (exact) mass is 367 g/mol. The third kappa shape index (κ3) is 4.88. The van der Waals surface area contributed by atoms with E-state index in [1.165, 1.54) is 0 Å². The van der Waals surface area contributed by atoms with Gasteiger partial charge in [-0.05, 0) is 63.4 Å². The van der Waals surface area contributed by atoms with Gasteiger partial charge in [0.15, 0.2) is 6.61 Å². The third-order valence-electron chi connectivity index (χ3n) is 4.86. The number of carbonyl (C=O) groups is 2. The number of hydrogen-bond donors (Lipinski definition) is 0. The number of carbonyl (C=O) groups excluding carboxylic acids is 2. The quantitative estimate of drug-likeness (QED) is 0.734. The summed E-state index contributed by atoms with van der Waals surface area (Å²) < 4.78 is 11.0. The van der Waals surface area contributed by atoms with E-state index in [4.69, 9.17) is 9.47 Å². The summed E-state index contributed by atoms with van der Waals surface area (Å²) in [6.07, 6.45) is 3.10. The largest absolute Gasteiger partial charge is 0.457 e. The molecule has 0 saturated carbocycles. The van der Waals surface area contributed by atoms with E-state index in [9.17, 15) is 9.59 Å². The van der Waals surface area contributed by atoms with Gasteiger partial charge in [-0.2, -0.15) is 0 Å². The summed E-state index contributed by atoms with van der Waals surface area (Å²) in [4.78, 5) is 26.7. The van der Waals surface area contributed by atoms with E-state index >= 15 is 0 Å². The Kier molecular flexibility index (Phi) is 6.12. The lowest BCUT2D eigenvalue weighted by Gasteiger charge is -2.38. The van der Waals surface area contributed by atoms with Crippen LogP contribution in [-0.4, -0.2) is 35.5 Å². The van der Waals surface area contributed by atoms with Crippen molar-refractivity contribution in [2.24, 2.45) is 0 Å². The molecule has 0 aromatic heterocycles. The molecule has 2 atom stereocenters. The van der Waals surface area contributed by atoms with Crippen LogP contribution in [-0.2, 0) is 9.53 Å². The zero-order valence-electron chi connectivity index (χ0n) is 15.8. The van der Waals surface area contributed by atoms with Crippen LogP contribution in [0.4, 0.5) is 0 Å². The molecular weight excluding hydrogens is 342 g/mol. The zero-order chi connectivity index (χ0) is 19.2. The lowest BCUT2D eigenvalue weighted by Crippen LogP contribution is -2.49. The van der Waals surface area contributed by atoms with Crippen LogP contribution < -0.4 is 4.74 Å². The summed E-state index contributed by atoms with van der Waals surface area (Å²) in [6.45, 7) is 3.84. The van der Waals surface area contributed by atoms with Crippen LogP contribution in [0.2, 0.25) is 0 Å². The first kappa shape index (κ1) is 19.0. The molecule has 1 aliphatic rings. The molecule has 1 amide bonds. The first-order valence-corrected chi connectivity index (χ1v) is 9.36. The van der Waals surface area contributed by atoms with Crippen LogP contribution >= 0.6 is 0 Å². The predicted molar refractivity (Wildman–Crippen MR) is 103 cm³/mol. The van der Waals surface area contributed by atoms with Gasteiger partial charge < -0.3 is 14.4 Å². The lowest BCUT2D eigenvalue weighted by atomic mass is 9.97. The van der Waals surface area contributed by atoms with Crippen molar-refractivity contribution in [2.45, 2.75) is 45.2 Å². The minimum atomic E-state index is -0.529. The minimum Gasteiger partial charge on any atom is -0.457 e. The maximum atomic E-state index is 12.5. The standard InChI is InChI=1S/C22H25NO4/c1-16-8-6-9-17(2)23(16)21(24)15-26-22(25)18-10-7-13-20(14-18)27-19-11-4-3-5-12-19/h3-5,7,10-14,16-17H,6,8-9,15H2,1-2H3/t16-,17-/m1/s1. The Balaban J connectivity index is 1.59. The number of esters is 1. The molecule has 0 spiro atoms. The van der Waals surface area contributed by atoms with Crippen LogP contribution in [0, 0.1) is 0 Å². The molecule has 2 aromatic rings. The number of amides is 1. The molecule has 1 aliphatic heterocycles. The zero-order valence-corrected chi connectivity index (χ0v) is 15.8. The van der Waals surface area contributed by atoms with Gasteiger partial charge in [-0.1, -0.05) is 24.3 Å². The van der Waals surface area contributed by atoms with Gasteiger partial charge in [0.05, 0.1) is 5.56 Å². The second kappa shape index (κ2) is 8.71. The van der Waals surface area contributed by atoms with Gasteiger partial charge in [-0.25, -0.2) is 4.79 Å². The summed E-state index contributed by atoms with van der Waals surface area (Å²) in [7, 11) is 0. The molecule has 1 heterocycles. The Morgan fingerprint density at radius 3 is 2.33 bits per heavy atom. The topological polar surface area (TPSA) is 55.8 Å². The number of hydrogen-bond acceptors (Lipinski definition) is 4. The van der Waals surface area contributed by atoms with Crippen LogP contribution in [0.25, 0.3) is 0 Å². The summed E-state index contributed by atoms with van der Waals surface area (Å²) in [6, 6.07) is 16.5. The van der Waals surface area contributed by atoms with Crippen molar-refractivity contribution in [1.29, 1.82) is 0 Å². The second-order valence-corrected chi connectivity index (χ2v) is 6.95. The smallest absolute Gasteiger partial charge is 0.338 e. The molecule has 0 N–H and O–H groups in total. The first-order chi connectivity index (χ1) is 13.0. The highest BCUT2D eigenvalue weighted by Crippen LogP contribution is 2.24. The van der Waals surface area contributed by atoms with Crippen molar-refractivity contribution in [2.75, 3.05) is 6.61 Å². The maximum absolute atomic E-state index is 12.5. The number of piperidine rings is 1. The molecule has 5 nitrogen and oxygen atoms in total. The van der Waals surface area contributed by atoms with Crippen LogP contribution in [0.3, 0.4) is 0 Å². The number of rotatable bonds is 5. The fourth-order valence-corrected chi connectivity index (χ4v) is 3.51. The Bertz CT molecular complexity index is 780. The van der Waals surface area contributed by atoms with Gasteiger partial charge in [0.25, 0.3) is 5.91 Å². The summed E-state index contributed by atoms with van der Waals surface area (Å²) >= 11 is 0. The van der Waals surface area contributed by atoms with E-state index in [-0.39, 0.29) is 24.6 Å². The number of nitrogens with zero attached hydrogens (tertiary/aromatic N) is 1. The van der Waals surface area contributed by atoms with Crippen molar-refractivity contribution < 1.29 is 19.1 Å². The summed E-state index contributed by atoms with van der Waals surface area (Å²) in [5, 5.41) is 0. The van der Waals surface area contributed by atoms with Gasteiger partial charge in [-0.3, -0.25) is 4.79 Å². The number of likely N-dealkylation sites (tertiary alicyclic amines) is 1. The first-order valence-electron chi connectivity index (χ1n) is 9.36. The van der Waals surface area contributed by atoms with E-state index < -0.39 is 5.97 Å². The summed E-state index contributed by atoms with van der Waals surface area (Å²) in [5.41, 5.74) is 0.357. The van der Waals surface area contributed by atoms with Crippen LogP contribution in [0.1, 0.15) is 43.5 Å². The molecule has 1 saturated heterocycles. The molecule has 0 radical (unpaired) electrons.